The number of rotatable bonds is 2. The number of anilines is 1. The van der Waals surface area contributed by atoms with Crippen molar-refractivity contribution in [3.63, 3.8) is 0 Å². The molecular formula is C14H19FN2O2. The Balaban J connectivity index is 2.11. The van der Waals surface area contributed by atoms with Crippen molar-refractivity contribution in [3.05, 3.63) is 29.1 Å². The fourth-order valence-corrected chi connectivity index (χ4v) is 2.36. The van der Waals surface area contributed by atoms with E-state index in [-0.39, 0.29) is 17.3 Å². The van der Waals surface area contributed by atoms with Crippen LogP contribution in [0.3, 0.4) is 0 Å². The van der Waals surface area contributed by atoms with Gasteiger partial charge in [0.2, 0.25) is 0 Å². The molecule has 0 aromatic heterocycles. The number of hydrogen-bond acceptors (Lipinski definition) is 3. The van der Waals surface area contributed by atoms with Crippen LogP contribution in [-0.2, 0) is 0 Å². The molecular weight excluding hydrogens is 247 g/mol. The molecule has 0 heterocycles. The van der Waals surface area contributed by atoms with Crippen molar-refractivity contribution in [2.24, 2.45) is 0 Å². The summed E-state index contributed by atoms with van der Waals surface area (Å²) in [5, 5.41) is 12.6. The number of nitrogens with two attached hydrogens (primary N) is 1. The largest absolute Gasteiger partial charge is 0.398 e. The van der Waals surface area contributed by atoms with Gasteiger partial charge in [-0.2, -0.15) is 0 Å². The van der Waals surface area contributed by atoms with Gasteiger partial charge in [0.05, 0.1) is 12.1 Å². The number of nitrogens with one attached hydrogen (secondary N) is 1. The van der Waals surface area contributed by atoms with E-state index in [4.69, 9.17) is 5.73 Å². The Kier molecular flexibility index (Phi) is 4.04. The highest BCUT2D eigenvalue weighted by molar-refractivity contribution is 5.95. The van der Waals surface area contributed by atoms with E-state index in [0.717, 1.165) is 19.3 Å². The topological polar surface area (TPSA) is 75.4 Å². The summed E-state index contributed by atoms with van der Waals surface area (Å²) < 4.78 is 13.5. The highest BCUT2D eigenvalue weighted by atomic mass is 19.1. The number of benzene rings is 1. The number of carbonyl (C=O) groups excluding carboxylic acids is 1. The first-order valence-corrected chi connectivity index (χ1v) is 6.53. The molecule has 5 heteroatoms. The Morgan fingerprint density at radius 1 is 1.42 bits per heavy atom. The molecule has 0 saturated heterocycles. The molecule has 2 atom stereocenters. The van der Waals surface area contributed by atoms with Crippen molar-refractivity contribution in [1.82, 2.24) is 5.32 Å². The van der Waals surface area contributed by atoms with Gasteiger partial charge >= 0.3 is 0 Å². The fourth-order valence-electron chi connectivity index (χ4n) is 2.36. The normalized spacial score (nSPS) is 23.1. The van der Waals surface area contributed by atoms with Crippen LogP contribution in [0.15, 0.2) is 12.1 Å². The molecule has 0 spiro atoms. The van der Waals surface area contributed by atoms with Crippen LogP contribution < -0.4 is 11.1 Å². The molecule has 1 aliphatic rings. The number of aliphatic hydroxyl groups is 1. The first-order valence-electron chi connectivity index (χ1n) is 6.53. The zero-order valence-corrected chi connectivity index (χ0v) is 10.9. The Morgan fingerprint density at radius 2 is 2.11 bits per heavy atom. The van der Waals surface area contributed by atoms with Gasteiger partial charge in [-0.3, -0.25) is 4.79 Å². The van der Waals surface area contributed by atoms with Crippen LogP contribution >= 0.6 is 0 Å². The Morgan fingerprint density at radius 3 is 2.74 bits per heavy atom. The maximum Gasteiger partial charge on any atom is 0.251 e. The molecule has 4 nitrogen and oxygen atoms in total. The van der Waals surface area contributed by atoms with E-state index in [1.807, 2.05) is 0 Å². The smallest absolute Gasteiger partial charge is 0.251 e. The minimum absolute atomic E-state index is 0.193. The monoisotopic (exact) mass is 266 g/mol. The van der Waals surface area contributed by atoms with Crippen LogP contribution in [0.1, 0.15) is 41.6 Å². The lowest BCUT2D eigenvalue weighted by atomic mass is 9.92. The molecule has 4 N–H and O–H groups in total. The molecule has 1 saturated carbocycles. The zero-order chi connectivity index (χ0) is 14.0. The number of aliphatic hydroxyl groups excluding tert-OH is 1. The van der Waals surface area contributed by atoms with Gasteiger partial charge in [-0.15, -0.1) is 0 Å². The van der Waals surface area contributed by atoms with E-state index >= 15 is 0 Å². The van der Waals surface area contributed by atoms with Crippen LogP contribution in [0, 0.1) is 12.7 Å². The summed E-state index contributed by atoms with van der Waals surface area (Å²) in [5.41, 5.74) is 6.44. The molecule has 0 unspecified atom stereocenters. The minimum Gasteiger partial charge on any atom is -0.398 e. The van der Waals surface area contributed by atoms with E-state index in [0.29, 0.717) is 12.0 Å². The van der Waals surface area contributed by atoms with E-state index in [1.165, 1.54) is 12.1 Å². The van der Waals surface area contributed by atoms with Crippen LogP contribution in [-0.4, -0.2) is 23.2 Å². The van der Waals surface area contributed by atoms with Crippen molar-refractivity contribution in [1.29, 1.82) is 0 Å². The zero-order valence-electron chi connectivity index (χ0n) is 10.9. The summed E-state index contributed by atoms with van der Waals surface area (Å²) in [6.45, 7) is 1.57. The maximum absolute atomic E-state index is 13.5. The van der Waals surface area contributed by atoms with Crippen LogP contribution in [0.25, 0.3) is 0 Å². The third-order valence-corrected chi connectivity index (χ3v) is 3.69. The summed E-state index contributed by atoms with van der Waals surface area (Å²) in [5.74, 6) is -0.883. The van der Waals surface area contributed by atoms with E-state index in [9.17, 15) is 14.3 Å². The van der Waals surface area contributed by atoms with Crippen molar-refractivity contribution >= 4 is 11.6 Å². The molecule has 1 amide bonds. The predicted octanol–water partition coefficient (Wildman–Crippen LogP) is 1.75. The Labute approximate surface area is 111 Å². The van der Waals surface area contributed by atoms with Gasteiger partial charge in [-0.1, -0.05) is 12.8 Å². The molecule has 0 bridgehead atoms. The second kappa shape index (κ2) is 5.57. The quantitative estimate of drug-likeness (QED) is 0.714. The van der Waals surface area contributed by atoms with Crippen molar-refractivity contribution in [3.8, 4) is 0 Å². The Hall–Kier alpha value is -1.62. The highest BCUT2D eigenvalue weighted by Crippen LogP contribution is 2.20. The molecule has 19 heavy (non-hydrogen) atoms. The third-order valence-electron chi connectivity index (χ3n) is 3.69. The SMILES string of the molecule is Cc1c(N)cc(C(=O)N[C@H]2CCCC[C@@H]2O)cc1F. The summed E-state index contributed by atoms with van der Waals surface area (Å²) in [4.78, 5) is 12.0. The standard InChI is InChI=1S/C14H19FN2O2/c1-8-10(15)6-9(7-11(8)16)14(19)17-12-4-2-3-5-13(12)18/h6-7,12-13,18H,2-5,16H2,1H3,(H,17,19)/t12-,13-/m0/s1. The van der Waals surface area contributed by atoms with Crippen LogP contribution in [0.2, 0.25) is 0 Å². The summed E-state index contributed by atoms with van der Waals surface area (Å²) in [6.07, 6.45) is 2.86. The first-order chi connectivity index (χ1) is 8.99. The number of nitrogen functional groups attached to an aromatic ring is 1. The predicted molar refractivity (Wildman–Crippen MR) is 71.3 cm³/mol. The van der Waals surface area contributed by atoms with Gasteiger partial charge < -0.3 is 16.2 Å². The lowest BCUT2D eigenvalue weighted by Gasteiger charge is -2.28. The van der Waals surface area contributed by atoms with E-state index in [2.05, 4.69) is 5.32 Å². The van der Waals surface area contributed by atoms with Crippen molar-refractivity contribution < 1.29 is 14.3 Å². The van der Waals surface area contributed by atoms with E-state index in [1.54, 1.807) is 6.92 Å². The molecule has 0 radical (unpaired) electrons. The lowest BCUT2D eigenvalue weighted by Crippen LogP contribution is -2.45. The van der Waals surface area contributed by atoms with Gasteiger partial charge in [0.25, 0.3) is 5.91 Å². The molecule has 2 rings (SSSR count). The van der Waals surface area contributed by atoms with Gasteiger partial charge in [0.1, 0.15) is 5.82 Å². The summed E-state index contributed by atoms with van der Waals surface area (Å²) >= 11 is 0. The Bertz CT molecular complexity index is 467. The van der Waals surface area contributed by atoms with Gasteiger partial charge in [0, 0.05) is 16.8 Å². The average Bonchev–Trinajstić information content (AvgIpc) is 2.38. The van der Waals surface area contributed by atoms with Gasteiger partial charge in [-0.25, -0.2) is 4.39 Å². The molecule has 1 aromatic rings. The molecule has 1 aromatic carbocycles. The third kappa shape index (κ3) is 3.04. The van der Waals surface area contributed by atoms with Crippen molar-refractivity contribution in [2.75, 3.05) is 5.73 Å². The molecule has 104 valence electrons. The second-order valence-electron chi connectivity index (χ2n) is 5.10. The second-order valence-corrected chi connectivity index (χ2v) is 5.10. The highest BCUT2D eigenvalue weighted by Gasteiger charge is 2.25. The van der Waals surface area contributed by atoms with E-state index < -0.39 is 17.8 Å². The average molecular weight is 266 g/mol. The maximum atomic E-state index is 13.5. The fraction of sp³-hybridized carbons (Fsp3) is 0.500. The summed E-state index contributed by atoms with van der Waals surface area (Å²) in [7, 11) is 0. The summed E-state index contributed by atoms with van der Waals surface area (Å²) in [6, 6.07) is 2.38. The van der Waals surface area contributed by atoms with Crippen molar-refractivity contribution in [2.45, 2.75) is 44.8 Å². The van der Waals surface area contributed by atoms with Crippen LogP contribution in [0.5, 0.6) is 0 Å². The minimum atomic E-state index is -0.523. The molecule has 0 aliphatic heterocycles. The number of halogens is 1. The lowest BCUT2D eigenvalue weighted by molar-refractivity contribution is 0.0717. The van der Waals surface area contributed by atoms with Crippen LogP contribution in [0.4, 0.5) is 10.1 Å². The first kappa shape index (κ1) is 13.8. The van der Waals surface area contributed by atoms with Gasteiger partial charge in [0.15, 0.2) is 0 Å². The number of hydrogen-bond donors (Lipinski definition) is 3. The number of carbonyl (C=O) groups is 1. The number of amides is 1. The molecule has 1 fully saturated rings. The molecule has 1 aliphatic carbocycles. The van der Waals surface area contributed by atoms with Gasteiger partial charge in [-0.05, 0) is 31.9 Å².